The smallest absolute Gasteiger partial charge is 0.00825 e. The molecule has 0 bridgehead atoms. The lowest BCUT2D eigenvalue weighted by Gasteiger charge is -2.28. The van der Waals surface area contributed by atoms with Gasteiger partial charge in [-0.15, -0.1) is 11.3 Å². The molecule has 0 N–H and O–H groups in total. The molecule has 1 aliphatic rings. The first-order valence-corrected chi connectivity index (χ1v) is 5.11. The van der Waals surface area contributed by atoms with Crippen molar-refractivity contribution in [1.29, 1.82) is 0 Å². The summed E-state index contributed by atoms with van der Waals surface area (Å²) in [6, 6.07) is 2.29. The molecular weight excluding hydrogens is 152 g/mol. The SMILES string of the molecule is CC1(C)CCc2ccsc2C1. The van der Waals surface area contributed by atoms with Crippen LogP contribution in [-0.2, 0) is 12.8 Å². The summed E-state index contributed by atoms with van der Waals surface area (Å²) in [5.74, 6) is 0. The van der Waals surface area contributed by atoms with Crippen LogP contribution in [0.1, 0.15) is 30.7 Å². The van der Waals surface area contributed by atoms with E-state index in [1.54, 1.807) is 10.4 Å². The molecule has 0 fully saturated rings. The van der Waals surface area contributed by atoms with Crippen molar-refractivity contribution in [2.75, 3.05) is 0 Å². The maximum atomic E-state index is 2.37. The van der Waals surface area contributed by atoms with Crippen molar-refractivity contribution in [2.24, 2.45) is 5.41 Å². The van der Waals surface area contributed by atoms with E-state index in [1.165, 1.54) is 19.3 Å². The molecule has 0 saturated carbocycles. The Morgan fingerprint density at radius 1 is 1.45 bits per heavy atom. The lowest BCUT2D eigenvalue weighted by molar-refractivity contribution is 0.319. The Morgan fingerprint density at radius 3 is 3.09 bits per heavy atom. The van der Waals surface area contributed by atoms with Gasteiger partial charge in [0.05, 0.1) is 0 Å². The van der Waals surface area contributed by atoms with Gasteiger partial charge in [0.2, 0.25) is 0 Å². The van der Waals surface area contributed by atoms with Crippen LogP contribution >= 0.6 is 11.3 Å². The molecule has 0 saturated heterocycles. The second kappa shape index (κ2) is 2.34. The second-order valence-corrected chi connectivity index (χ2v) is 5.21. The molecule has 0 aromatic carbocycles. The lowest BCUT2D eigenvalue weighted by Crippen LogP contribution is -2.20. The Bertz CT molecular complexity index is 258. The van der Waals surface area contributed by atoms with E-state index >= 15 is 0 Å². The van der Waals surface area contributed by atoms with Gasteiger partial charge >= 0.3 is 0 Å². The van der Waals surface area contributed by atoms with Gasteiger partial charge in [0.15, 0.2) is 0 Å². The van der Waals surface area contributed by atoms with Gasteiger partial charge in [-0.2, -0.15) is 0 Å². The largest absolute Gasteiger partial charge is 0.149 e. The van der Waals surface area contributed by atoms with Crippen LogP contribution in [0.5, 0.6) is 0 Å². The first kappa shape index (κ1) is 7.35. The van der Waals surface area contributed by atoms with Crippen LogP contribution < -0.4 is 0 Å². The van der Waals surface area contributed by atoms with Gasteiger partial charge in [-0.25, -0.2) is 0 Å². The average Bonchev–Trinajstić information content (AvgIpc) is 2.31. The molecule has 60 valence electrons. The number of rotatable bonds is 0. The maximum absolute atomic E-state index is 2.37. The Morgan fingerprint density at radius 2 is 2.27 bits per heavy atom. The summed E-state index contributed by atoms with van der Waals surface area (Å²) >= 11 is 1.93. The quantitative estimate of drug-likeness (QED) is 0.555. The highest BCUT2D eigenvalue weighted by Gasteiger charge is 2.25. The van der Waals surface area contributed by atoms with Crippen LogP contribution in [0, 0.1) is 5.41 Å². The molecule has 0 spiro atoms. The molecular formula is C10H14S. The Hall–Kier alpha value is -0.300. The van der Waals surface area contributed by atoms with E-state index in [2.05, 4.69) is 25.3 Å². The highest BCUT2D eigenvalue weighted by Crippen LogP contribution is 2.36. The molecule has 1 heteroatoms. The van der Waals surface area contributed by atoms with E-state index in [0.29, 0.717) is 5.41 Å². The summed E-state index contributed by atoms with van der Waals surface area (Å²) in [5.41, 5.74) is 2.16. The van der Waals surface area contributed by atoms with Crippen molar-refractivity contribution >= 4 is 11.3 Å². The minimum absolute atomic E-state index is 0.553. The third-order valence-corrected chi connectivity index (χ3v) is 3.51. The van der Waals surface area contributed by atoms with Crippen molar-refractivity contribution in [3.05, 3.63) is 21.9 Å². The van der Waals surface area contributed by atoms with Crippen LogP contribution in [-0.4, -0.2) is 0 Å². The highest BCUT2D eigenvalue weighted by atomic mass is 32.1. The van der Waals surface area contributed by atoms with E-state index in [4.69, 9.17) is 0 Å². The van der Waals surface area contributed by atoms with E-state index in [9.17, 15) is 0 Å². The van der Waals surface area contributed by atoms with Crippen LogP contribution in [0.4, 0.5) is 0 Å². The van der Waals surface area contributed by atoms with Crippen molar-refractivity contribution in [3.63, 3.8) is 0 Å². The van der Waals surface area contributed by atoms with E-state index in [0.717, 1.165) is 0 Å². The minimum Gasteiger partial charge on any atom is -0.149 e. The fourth-order valence-corrected chi connectivity index (χ4v) is 2.93. The minimum atomic E-state index is 0.553. The molecule has 1 heterocycles. The maximum Gasteiger partial charge on any atom is 0.00825 e. The normalized spacial score (nSPS) is 21.3. The number of fused-ring (bicyclic) bond motifs is 1. The third-order valence-electron chi connectivity index (χ3n) is 2.55. The van der Waals surface area contributed by atoms with Gasteiger partial charge in [-0.05, 0) is 41.7 Å². The lowest BCUT2D eigenvalue weighted by atomic mass is 9.78. The Labute approximate surface area is 72.3 Å². The van der Waals surface area contributed by atoms with Gasteiger partial charge < -0.3 is 0 Å². The molecule has 0 nitrogen and oxygen atoms in total. The molecule has 0 radical (unpaired) electrons. The van der Waals surface area contributed by atoms with Crippen molar-refractivity contribution in [3.8, 4) is 0 Å². The van der Waals surface area contributed by atoms with E-state index < -0.39 is 0 Å². The van der Waals surface area contributed by atoms with Gasteiger partial charge in [0.1, 0.15) is 0 Å². The summed E-state index contributed by atoms with van der Waals surface area (Å²) in [6.45, 7) is 4.74. The number of hydrogen-bond acceptors (Lipinski definition) is 1. The molecule has 1 aliphatic carbocycles. The zero-order chi connectivity index (χ0) is 7.90. The average molecular weight is 166 g/mol. The van der Waals surface area contributed by atoms with Crippen LogP contribution in [0.15, 0.2) is 11.4 Å². The van der Waals surface area contributed by atoms with Gasteiger partial charge in [0, 0.05) is 4.88 Å². The van der Waals surface area contributed by atoms with Gasteiger partial charge in [-0.1, -0.05) is 13.8 Å². The summed E-state index contributed by atoms with van der Waals surface area (Å²) in [7, 11) is 0. The topological polar surface area (TPSA) is 0 Å². The predicted molar refractivity (Wildman–Crippen MR) is 50.1 cm³/mol. The zero-order valence-corrected chi connectivity index (χ0v) is 8.00. The zero-order valence-electron chi connectivity index (χ0n) is 7.18. The standard InChI is InChI=1S/C10H14S/c1-10(2)5-3-8-4-6-11-9(8)7-10/h4,6H,3,5,7H2,1-2H3. The molecule has 0 aliphatic heterocycles. The van der Waals surface area contributed by atoms with E-state index in [-0.39, 0.29) is 0 Å². The molecule has 11 heavy (non-hydrogen) atoms. The molecule has 2 rings (SSSR count). The van der Waals surface area contributed by atoms with Crippen molar-refractivity contribution < 1.29 is 0 Å². The number of hydrogen-bond donors (Lipinski definition) is 0. The van der Waals surface area contributed by atoms with Crippen molar-refractivity contribution in [2.45, 2.75) is 33.1 Å². The van der Waals surface area contributed by atoms with Crippen LogP contribution in [0.3, 0.4) is 0 Å². The van der Waals surface area contributed by atoms with Crippen LogP contribution in [0.25, 0.3) is 0 Å². The molecule has 0 atom stereocenters. The summed E-state index contributed by atoms with van der Waals surface area (Å²) in [6.07, 6.45) is 3.95. The molecule has 1 aromatic rings. The van der Waals surface area contributed by atoms with Crippen LogP contribution in [0.2, 0.25) is 0 Å². The summed E-state index contributed by atoms with van der Waals surface area (Å²) in [4.78, 5) is 1.63. The Balaban J connectivity index is 2.32. The fourth-order valence-electron chi connectivity index (χ4n) is 1.74. The van der Waals surface area contributed by atoms with Gasteiger partial charge in [-0.3, -0.25) is 0 Å². The third kappa shape index (κ3) is 1.34. The highest BCUT2D eigenvalue weighted by molar-refractivity contribution is 7.10. The predicted octanol–water partition coefficient (Wildman–Crippen LogP) is 3.26. The second-order valence-electron chi connectivity index (χ2n) is 4.21. The first-order chi connectivity index (χ1) is 5.17. The molecule has 0 unspecified atom stereocenters. The number of aryl methyl sites for hydroxylation is 1. The molecule has 1 aromatic heterocycles. The summed E-state index contributed by atoms with van der Waals surface area (Å²) < 4.78 is 0. The van der Waals surface area contributed by atoms with Crippen molar-refractivity contribution in [1.82, 2.24) is 0 Å². The fraction of sp³-hybridized carbons (Fsp3) is 0.600. The van der Waals surface area contributed by atoms with Gasteiger partial charge in [0.25, 0.3) is 0 Å². The Kier molecular flexibility index (Phi) is 1.57. The summed E-state index contributed by atoms with van der Waals surface area (Å²) in [5, 5.41) is 2.23. The van der Waals surface area contributed by atoms with E-state index in [1.807, 2.05) is 11.3 Å². The number of thiophene rings is 1. The first-order valence-electron chi connectivity index (χ1n) is 4.23. The monoisotopic (exact) mass is 166 g/mol. The molecule has 0 amide bonds.